The van der Waals surface area contributed by atoms with Gasteiger partial charge in [-0.05, 0) is 68.3 Å². The summed E-state index contributed by atoms with van der Waals surface area (Å²) in [5.74, 6) is 4.41. The maximum Gasteiger partial charge on any atom is 0.0701 e. The Balaban J connectivity index is 1.62. The van der Waals surface area contributed by atoms with Crippen LogP contribution in [-0.2, 0) is 4.74 Å². The van der Waals surface area contributed by atoms with E-state index >= 15 is 0 Å². The first-order valence-corrected chi connectivity index (χ1v) is 8.40. The number of nitrogens with two attached hydrogens (primary N) is 1. The summed E-state index contributed by atoms with van der Waals surface area (Å²) >= 11 is 2.10. The number of thioether (sulfide) groups is 1. The largest absolute Gasteiger partial charge is 0.375 e. The lowest BCUT2D eigenvalue weighted by Gasteiger charge is -2.45. The Kier molecular flexibility index (Phi) is 3.69. The quantitative estimate of drug-likeness (QED) is 0.782. The van der Waals surface area contributed by atoms with Crippen LogP contribution in [0.2, 0.25) is 0 Å². The predicted octanol–water partition coefficient (Wildman–Crippen LogP) is 2.81. The molecule has 17 heavy (non-hydrogen) atoms. The second-order valence-corrected chi connectivity index (χ2v) is 7.45. The zero-order valence-electron chi connectivity index (χ0n) is 10.7. The van der Waals surface area contributed by atoms with Gasteiger partial charge in [0.1, 0.15) is 0 Å². The van der Waals surface area contributed by atoms with Crippen molar-refractivity contribution in [2.75, 3.05) is 18.1 Å². The zero-order chi connectivity index (χ0) is 11.7. The third-order valence-corrected chi connectivity index (χ3v) is 6.10. The van der Waals surface area contributed by atoms with Crippen LogP contribution in [0.25, 0.3) is 0 Å². The van der Waals surface area contributed by atoms with Crippen molar-refractivity contribution in [3.8, 4) is 0 Å². The van der Waals surface area contributed by atoms with E-state index in [1.165, 1.54) is 56.5 Å². The second-order valence-electron chi connectivity index (χ2n) is 6.23. The van der Waals surface area contributed by atoms with Crippen LogP contribution in [0.4, 0.5) is 0 Å². The first-order valence-electron chi connectivity index (χ1n) is 7.25. The van der Waals surface area contributed by atoms with Gasteiger partial charge < -0.3 is 10.5 Å². The van der Waals surface area contributed by atoms with Gasteiger partial charge in [-0.2, -0.15) is 11.8 Å². The van der Waals surface area contributed by atoms with Gasteiger partial charge in [0.2, 0.25) is 0 Å². The Labute approximate surface area is 109 Å². The second kappa shape index (κ2) is 5.10. The van der Waals surface area contributed by atoms with Gasteiger partial charge in [0, 0.05) is 12.6 Å². The lowest BCUT2D eigenvalue weighted by atomic mass is 9.75. The Morgan fingerprint density at radius 1 is 1.06 bits per heavy atom. The molecule has 3 rings (SSSR count). The molecule has 2 nitrogen and oxygen atoms in total. The molecule has 2 aliphatic heterocycles. The van der Waals surface area contributed by atoms with Crippen LogP contribution in [0.5, 0.6) is 0 Å². The van der Waals surface area contributed by atoms with Crippen molar-refractivity contribution < 1.29 is 4.74 Å². The highest BCUT2D eigenvalue weighted by Crippen LogP contribution is 2.45. The molecule has 1 spiro atoms. The average Bonchev–Trinajstić information content (AvgIpc) is 2.77. The van der Waals surface area contributed by atoms with Crippen LogP contribution in [0, 0.1) is 11.8 Å². The van der Waals surface area contributed by atoms with E-state index in [0.29, 0.717) is 6.04 Å². The van der Waals surface area contributed by atoms with Crippen molar-refractivity contribution in [2.24, 2.45) is 17.6 Å². The first-order chi connectivity index (χ1) is 8.27. The maximum atomic E-state index is 6.18. The fourth-order valence-electron chi connectivity index (χ4n) is 4.04. The summed E-state index contributed by atoms with van der Waals surface area (Å²) in [6.45, 7) is 1.00. The molecule has 98 valence electrons. The zero-order valence-corrected chi connectivity index (χ0v) is 11.5. The molecule has 1 saturated carbocycles. The molecule has 0 bridgehead atoms. The van der Waals surface area contributed by atoms with Gasteiger partial charge in [0.15, 0.2) is 0 Å². The van der Waals surface area contributed by atoms with E-state index in [1.807, 2.05) is 0 Å². The van der Waals surface area contributed by atoms with Crippen molar-refractivity contribution in [3.63, 3.8) is 0 Å². The summed E-state index contributed by atoms with van der Waals surface area (Å²) < 4.78 is 6.18. The Morgan fingerprint density at radius 3 is 2.59 bits per heavy atom. The molecular formula is C14H25NOS. The predicted molar refractivity (Wildman–Crippen MR) is 73.3 cm³/mol. The molecule has 2 heterocycles. The summed E-state index contributed by atoms with van der Waals surface area (Å²) in [6.07, 6.45) is 9.08. The Hall–Kier alpha value is 0.270. The molecule has 0 radical (unpaired) electrons. The molecule has 3 aliphatic rings. The van der Waals surface area contributed by atoms with Crippen LogP contribution in [0.3, 0.4) is 0 Å². The minimum atomic E-state index is 0.265. The van der Waals surface area contributed by atoms with Crippen LogP contribution in [-0.4, -0.2) is 29.8 Å². The van der Waals surface area contributed by atoms with Gasteiger partial charge in [-0.1, -0.05) is 0 Å². The highest BCUT2D eigenvalue weighted by atomic mass is 32.2. The minimum Gasteiger partial charge on any atom is -0.375 e. The molecule has 0 amide bonds. The third-order valence-electron chi connectivity index (χ3n) is 5.12. The Morgan fingerprint density at radius 2 is 1.88 bits per heavy atom. The number of ether oxygens (including phenoxy) is 1. The highest BCUT2D eigenvalue weighted by molar-refractivity contribution is 7.99. The molecule has 3 unspecified atom stereocenters. The molecule has 0 aromatic heterocycles. The average molecular weight is 255 g/mol. The third kappa shape index (κ3) is 2.66. The standard InChI is InChI=1S/C14H25NOS/c15-13-2-1-11(9-13)12-3-6-16-14(10-12)4-7-17-8-5-14/h11-13H,1-10,15H2. The molecule has 1 aliphatic carbocycles. The Bertz CT molecular complexity index is 259. The smallest absolute Gasteiger partial charge is 0.0701 e. The minimum absolute atomic E-state index is 0.265. The van der Waals surface area contributed by atoms with Crippen molar-refractivity contribution in [2.45, 2.75) is 56.6 Å². The lowest BCUT2D eigenvalue weighted by molar-refractivity contribution is -0.110. The van der Waals surface area contributed by atoms with E-state index in [1.54, 1.807) is 0 Å². The van der Waals surface area contributed by atoms with Crippen molar-refractivity contribution in [1.29, 1.82) is 0 Å². The summed E-state index contributed by atoms with van der Waals surface area (Å²) in [6, 6.07) is 0.487. The first kappa shape index (κ1) is 12.3. The van der Waals surface area contributed by atoms with E-state index in [2.05, 4.69) is 11.8 Å². The van der Waals surface area contributed by atoms with Crippen LogP contribution in [0.1, 0.15) is 44.9 Å². The number of hydrogen-bond acceptors (Lipinski definition) is 3. The SMILES string of the molecule is NC1CCC(C2CCOC3(CCSCC3)C2)C1. The fraction of sp³-hybridized carbons (Fsp3) is 1.00. The molecule has 2 N–H and O–H groups in total. The summed E-state index contributed by atoms with van der Waals surface area (Å²) in [5.41, 5.74) is 6.33. The molecule has 3 fully saturated rings. The monoisotopic (exact) mass is 255 g/mol. The van der Waals surface area contributed by atoms with Crippen molar-refractivity contribution in [3.05, 3.63) is 0 Å². The molecule has 0 aromatic carbocycles. The van der Waals surface area contributed by atoms with Crippen molar-refractivity contribution in [1.82, 2.24) is 0 Å². The van der Waals surface area contributed by atoms with E-state index < -0.39 is 0 Å². The van der Waals surface area contributed by atoms with Crippen molar-refractivity contribution >= 4 is 11.8 Å². The van der Waals surface area contributed by atoms with Crippen LogP contribution >= 0.6 is 11.8 Å². The van der Waals surface area contributed by atoms with Gasteiger partial charge >= 0.3 is 0 Å². The molecule has 2 saturated heterocycles. The van der Waals surface area contributed by atoms with Crippen LogP contribution in [0.15, 0.2) is 0 Å². The van der Waals surface area contributed by atoms with E-state index in [-0.39, 0.29) is 5.60 Å². The van der Waals surface area contributed by atoms with E-state index in [9.17, 15) is 0 Å². The maximum absolute atomic E-state index is 6.18. The topological polar surface area (TPSA) is 35.2 Å². The normalized spacial score (nSPS) is 41.8. The highest BCUT2D eigenvalue weighted by Gasteiger charge is 2.42. The summed E-state index contributed by atoms with van der Waals surface area (Å²) in [7, 11) is 0. The molecule has 3 atom stereocenters. The number of rotatable bonds is 1. The van der Waals surface area contributed by atoms with Gasteiger partial charge in [0.05, 0.1) is 5.60 Å². The van der Waals surface area contributed by atoms with Gasteiger partial charge in [-0.3, -0.25) is 0 Å². The summed E-state index contributed by atoms with van der Waals surface area (Å²) in [5, 5.41) is 0. The van der Waals surface area contributed by atoms with E-state index in [0.717, 1.165) is 18.4 Å². The van der Waals surface area contributed by atoms with Crippen LogP contribution < -0.4 is 5.73 Å². The molecule has 0 aromatic rings. The molecule has 3 heteroatoms. The van der Waals surface area contributed by atoms with Gasteiger partial charge in [-0.25, -0.2) is 0 Å². The number of hydrogen-bond donors (Lipinski definition) is 1. The summed E-state index contributed by atoms with van der Waals surface area (Å²) in [4.78, 5) is 0. The fourth-order valence-corrected chi connectivity index (χ4v) is 5.28. The lowest BCUT2D eigenvalue weighted by Crippen LogP contribution is -2.44. The van der Waals surface area contributed by atoms with E-state index in [4.69, 9.17) is 10.5 Å². The van der Waals surface area contributed by atoms with Gasteiger partial charge in [-0.15, -0.1) is 0 Å². The molecular weight excluding hydrogens is 230 g/mol. The van der Waals surface area contributed by atoms with Gasteiger partial charge in [0.25, 0.3) is 0 Å².